The summed E-state index contributed by atoms with van der Waals surface area (Å²) in [5.41, 5.74) is 4.84. The van der Waals surface area contributed by atoms with Crippen molar-refractivity contribution in [1.82, 2.24) is 9.88 Å². The molecule has 1 aliphatic rings. The summed E-state index contributed by atoms with van der Waals surface area (Å²) in [5, 5.41) is 3.57. The molecule has 1 heterocycles. The smallest absolute Gasteiger partial charge is 0.410 e. The van der Waals surface area contributed by atoms with E-state index in [1.807, 2.05) is 18.2 Å². The van der Waals surface area contributed by atoms with Gasteiger partial charge in [-0.1, -0.05) is 0 Å². The first-order chi connectivity index (χ1) is 10.2. The third kappa shape index (κ3) is 2.18. The van der Waals surface area contributed by atoms with Gasteiger partial charge in [-0.15, -0.1) is 0 Å². The number of rotatable bonds is 2. The largest absolute Gasteiger partial charge is 0.412 e. The predicted octanol–water partition coefficient (Wildman–Crippen LogP) is 2.65. The van der Waals surface area contributed by atoms with Gasteiger partial charge < -0.3 is 14.6 Å². The maximum Gasteiger partial charge on any atom is 0.412 e. The molecule has 3 rings (SSSR count). The molecule has 0 bridgehead atoms. The van der Waals surface area contributed by atoms with Gasteiger partial charge in [0, 0.05) is 48.5 Å². The number of amides is 1. The number of ether oxygens (including phenoxy) is 1. The molecule has 0 radical (unpaired) electrons. The third-order valence-corrected chi connectivity index (χ3v) is 3.94. The normalized spacial score (nSPS) is 15.5. The molecule has 1 amide bonds. The SMILES string of the molecule is CCN=C1CCc2c1c1cc(OC(=O)NC)ccc1n2C. The van der Waals surface area contributed by atoms with Gasteiger partial charge in [-0.2, -0.15) is 0 Å². The van der Waals surface area contributed by atoms with Crippen molar-refractivity contribution in [1.29, 1.82) is 0 Å². The lowest BCUT2D eigenvalue weighted by Crippen LogP contribution is -2.21. The van der Waals surface area contributed by atoms with Gasteiger partial charge in [-0.25, -0.2) is 4.79 Å². The van der Waals surface area contributed by atoms with Crippen molar-refractivity contribution < 1.29 is 9.53 Å². The highest BCUT2D eigenvalue weighted by Crippen LogP contribution is 2.34. The molecule has 0 atom stereocenters. The average molecular weight is 285 g/mol. The van der Waals surface area contributed by atoms with Crippen LogP contribution in [0.5, 0.6) is 5.75 Å². The number of hydrogen-bond donors (Lipinski definition) is 1. The van der Waals surface area contributed by atoms with Crippen molar-refractivity contribution in [2.24, 2.45) is 12.0 Å². The molecule has 5 heteroatoms. The van der Waals surface area contributed by atoms with Crippen molar-refractivity contribution in [3.8, 4) is 5.75 Å². The van der Waals surface area contributed by atoms with E-state index in [0.29, 0.717) is 5.75 Å². The first-order valence-corrected chi connectivity index (χ1v) is 7.20. The van der Waals surface area contributed by atoms with Crippen molar-refractivity contribution >= 4 is 22.7 Å². The number of carbonyl (C=O) groups excluding carboxylic acids is 1. The highest BCUT2D eigenvalue weighted by Gasteiger charge is 2.25. The Kier molecular flexibility index (Phi) is 3.41. The van der Waals surface area contributed by atoms with Crippen LogP contribution in [0.4, 0.5) is 4.79 Å². The molecule has 0 spiro atoms. The molecule has 5 nitrogen and oxygen atoms in total. The Bertz CT molecular complexity index is 744. The molecule has 110 valence electrons. The zero-order valence-corrected chi connectivity index (χ0v) is 12.6. The second kappa shape index (κ2) is 5.24. The maximum absolute atomic E-state index is 11.4. The minimum Gasteiger partial charge on any atom is -0.410 e. The number of fused-ring (bicyclic) bond motifs is 3. The van der Waals surface area contributed by atoms with Gasteiger partial charge in [0.1, 0.15) is 5.75 Å². The Hall–Kier alpha value is -2.30. The lowest BCUT2D eigenvalue weighted by molar-refractivity contribution is 0.203. The van der Waals surface area contributed by atoms with Crippen LogP contribution in [0.2, 0.25) is 0 Å². The Balaban J connectivity index is 2.14. The molecular formula is C16H19N3O2. The van der Waals surface area contributed by atoms with Crippen LogP contribution in [0.1, 0.15) is 24.6 Å². The Morgan fingerprint density at radius 1 is 1.43 bits per heavy atom. The summed E-state index contributed by atoms with van der Waals surface area (Å²) in [6.45, 7) is 2.84. The van der Waals surface area contributed by atoms with Crippen molar-refractivity contribution in [3.05, 3.63) is 29.5 Å². The molecule has 21 heavy (non-hydrogen) atoms. The van der Waals surface area contributed by atoms with E-state index in [9.17, 15) is 4.79 Å². The molecule has 2 aromatic rings. The second-order valence-corrected chi connectivity index (χ2v) is 5.12. The number of hydrogen-bond acceptors (Lipinski definition) is 3. The van der Waals surface area contributed by atoms with E-state index in [2.05, 4.69) is 28.8 Å². The summed E-state index contributed by atoms with van der Waals surface area (Å²) in [5.74, 6) is 0.554. The van der Waals surface area contributed by atoms with Gasteiger partial charge in [0.15, 0.2) is 0 Å². The second-order valence-electron chi connectivity index (χ2n) is 5.12. The fourth-order valence-electron chi connectivity index (χ4n) is 3.02. The van der Waals surface area contributed by atoms with Crippen molar-refractivity contribution in [2.45, 2.75) is 19.8 Å². The lowest BCUT2D eigenvalue weighted by Gasteiger charge is -2.05. The molecule has 0 aliphatic heterocycles. The van der Waals surface area contributed by atoms with Gasteiger partial charge >= 0.3 is 6.09 Å². The number of benzene rings is 1. The standard InChI is InChI=1S/C16H19N3O2/c1-4-18-12-6-8-14-15(12)11-9-10(21-16(20)17-2)5-7-13(11)19(14)3/h5,7,9H,4,6,8H2,1-3H3,(H,17,20). The molecule has 1 aromatic heterocycles. The summed E-state index contributed by atoms with van der Waals surface area (Å²) in [6.07, 6.45) is 1.55. The maximum atomic E-state index is 11.4. The van der Waals surface area contributed by atoms with E-state index >= 15 is 0 Å². The van der Waals surface area contributed by atoms with Crippen LogP contribution in [0.25, 0.3) is 10.9 Å². The van der Waals surface area contributed by atoms with E-state index in [0.717, 1.165) is 36.0 Å². The minimum absolute atomic E-state index is 0.454. The highest BCUT2D eigenvalue weighted by molar-refractivity contribution is 6.14. The summed E-state index contributed by atoms with van der Waals surface area (Å²) >= 11 is 0. The fraction of sp³-hybridized carbons (Fsp3) is 0.375. The van der Waals surface area contributed by atoms with Crippen LogP contribution in [0.3, 0.4) is 0 Å². The van der Waals surface area contributed by atoms with Crippen molar-refractivity contribution in [3.63, 3.8) is 0 Å². The highest BCUT2D eigenvalue weighted by atomic mass is 16.5. The fourth-order valence-corrected chi connectivity index (χ4v) is 3.02. The average Bonchev–Trinajstić information content (AvgIpc) is 3.01. The minimum atomic E-state index is -0.454. The Morgan fingerprint density at radius 2 is 2.24 bits per heavy atom. The van der Waals surface area contributed by atoms with Gasteiger partial charge in [0.25, 0.3) is 0 Å². The summed E-state index contributed by atoms with van der Waals surface area (Å²) in [6, 6.07) is 5.75. The summed E-state index contributed by atoms with van der Waals surface area (Å²) in [4.78, 5) is 16.0. The van der Waals surface area contributed by atoms with E-state index in [1.165, 1.54) is 11.3 Å². The first-order valence-electron chi connectivity index (χ1n) is 7.20. The molecule has 0 fully saturated rings. The number of carbonyl (C=O) groups is 1. The number of nitrogens with zero attached hydrogens (tertiary/aromatic N) is 2. The number of aromatic nitrogens is 1. The van der Waals surface area contributed by atoms with Gasteiger partial charge in [0.2, 0.25) is 0 Å². The Morgan fingerprint density at radius 3 is 2.95 bits per heavy atom. The summed E-state index contributed by atoms with van der Waals surface area (Å²) in [7, 11) is 3.63. The van der Waals surface area contributed by atoms with E-state index in [4.69, 9.17) is 4.74 Å². The quantitative estimate of drug-likeness (QED) is 0.922. The molecule has 1 aromatic carbocycles. The Labute approximate surface area is 123 Å². The topological polar surface area (TPSA) is 55.6 Å². The molecule has 1 aliphatic carbocycles. The molecular weight excluding hydrogens is 266 g/mol. The first kappa shape index (κ1) is 13.7. The molecule has 0 unspecified atom stereocenters. The van der Waals surface area contributed by atoms with Crippen LogP contribution in [0, 0.1) is 0 Å². The molecule has 0 saturated carbocycles. The van der Waals surface area contributed by atoms with Crippen LogP contribution >= 0.6 is 0 Å². The number of nitrogens with one attached hydrogen (secondary N) is 1. The van der Waals surface area contributed by atoms with Crippen LogP contribution in [0.15, 0.2) is 23.2 Å². The van der Waals surface area contributed by atoms with Gasteiger partial charge in [-0.3, -0.25) is 4.99 Å². The molecule has 1 N–H and O–H groups in total. The number of aliphatic imine (C=N–C) groups is 1. The van der Waals surface area contributed by atoms with Crippen LogP contribution < -0.4 is 10.1 Å². The van der Waals surface area contributed by atoms with Gasteiger partial charge in [0.05, 0.1) is 0 Å². The van der Waals surface area contributed by atoms with Gasteiger partial charge in [-0.05, 0) is 38.0 Å². The predicted molar refractivity (Wildman–Crippen MR) is 83.4 cm³/mol. The van der Waals surface area contributed by atoms with Crippen LogP contribution in [-0.4, -0.2) is 30.0 Å². The third-order valence-electron chi connectivity index (χ3n) is 3.94. The lowest BCUT2D eigenvalue weighted by atomic mass is 10.1. The zero-order valence-electron chi connectivity index (χ0n) is 12.6. The summed E-state index contributed by atoms with van der Waals surface area (Å²) < 4.78 is 7.45. The monoisotopic (exact) mass is 285 g/mol. The van der Waals surface area contributed by atoms with Crippen LogP contribution in [-0.2, 0) is 13.5 Å². The molecule has 0 saturated heterocycles. The zero-order chi connectivity index (χ0) is 15.0. The van der Waals surface area contributed by atoms with E-state index < -0.39 is 6.09 Å². The van der Waals surface area contributed by atoms with E-state index in [1.54, 1.807) is 7.05 Å². The number of aryl methyl sites for hydroxylation is 1. The van der Waals surface area contributed by atoms with E-state index in [-0.39, 0.29) is 0 Å². The van der Waals surface area contributed by atoms with Crippen molar-refractivity contribution in [2.75, 3.05) is 13.6 Å².